The summed E-state index contributed by atoms with van der Waals surface area (Å²) < 4.78 is 0. The van der Waals surface area contributed by atoms with E-state index in [-0.39, 0.29) is 23.5 Å². The average molecular weight is 442 g/mol. The van der Waals surface area contributed by atoms with Gasteiger partial charge in [0.2, 0.25) is 0 Å². The normalized spacial score (nSPS) is 11.3. The van der Waals surface area contributed by atoms with Crippen molar-refractivity contribution in [2.45, 2.75) is 65.8 Å². The van der Waals surface area contributed by atoms with Crippen LogP contribution < -0.4 is 5.32 Å². The first-order valence-corrected chi connectivity index (χ1v) is 11.8. The topological polar surface area (TPSA) is 46.2 Å². The van der Waals surface area contributed by atoms with Gasteiger partial charge in [0.15, 0.2) is 5.78 Å². The fourth-order valence-corrected chi connectivity index (χ4v) is 4.02. The number of ketones is 1. The minimum absolute atomic E-state index is 0.0222. The van der Waals surface area contributed by atoms with Crippen molar-refractivity contribution in [3.63, 3.8) is 0 Å². The first kappa shape index (κ1) is 24.4. The number of benzene rings is 3. The van der Waals surface area contributed by atoms with Gasteiger partial charge >= 0.3 is 0 Å². The van der Waals surface area contributed by atoms with Gasteiger partial charge in [0, 0.05) is 23.2 Å². The van der Waals surface area contributed by atoms with E-state index in [9.17, 15) is 9.59 Å². The van der Waals surface area contributed by atoms with Gasteiger partial charge in [-0.3, -0.25) is 9.59 Å². The lowest BCUT2D eigenvalue weighted by atomic mass is 9.81. The standard InChI is InChI=1S/C30H35NO2/c1-19(2)25-16-26(20(3)4)28(27(17-25)21(5)6)29(32)23-12-14-24(15-13-23)30(33)31-18-22-10-8-7-9-11-22/h7-17,19-21H,18H2,1-6H3,(H,31,33). The molecule has 3 aromatic carbocycles. The largest absolute Gasteiger partial charge is 0.348 e. The van der Waals surface area contributed by atoms with E-state index in [4.69, 9.17) is 0 Å². The van der Waals surface area contributed by atoms with Gasteiger partial charge in [0.05, 0.1) is 0 Å². The molecule has 1 amide bonds. The van der Waals surface area contributed by atoms with E-state index in [1.54, 1.807) is 24.3 Å². The highest BCUT2D eigenvalue weighted by molar-refractivity contribution is 6.11. The van der Waals surface area contributed by atoms with Gasteiger partial charge in [-0.15, -0.1) is 0 Å². The molecule has 3 nitrogen and oxygen atoms in total. The molecule has 0 unspecified atom stereocenters. The summed E-state index contributed by atoms with van der Waals surface area (Å²) in [5, 5.41) is 2.94. The zero-order chi connectivity index (χ0) is 24.1. The van der Waals surface area contributed by atoms with Crippen molar-refractivity contribution < 1.29 is 9.59 Å². The molecule has 0 spiro atoms. The van der Waals surface area contributed by atoms with Crippen LogP contribution >= 0.6 is 0 Å². The SMILES string of the molecule is CC(C)c1cc(C(C)C)c(C(=O)c2ccc(C(=O)NCc3ccccc3)cc2)c(C(C)C)c1. The van der Waals surface area contributed by atoms with E-state index in [1.807, 2.05) is 30.3 Å². The summed E-state index contributed by atoms with van der Waals surface area (Å²) in [5.74, 6) is 0.753. The second-order valence-corrected chi connectivity index (χ2v) is 9.61. The fourth-order valence-electron chi connectivity index (χ4n) is 4.02. The summed E-state index contributed by atoms with van der Waals surface area (Å²) in [6, 6.07) is 21.2. The van der Waals surface area contributed by atoms with Gasteiger partial charge < -0.3 is 5.32 Å². The lowest BCUT2D eigenvalue weighted by molar-refractivity contribution is 0.0949. The van der Waals surface area contributed by atoms with Crippen LogP contribution in [0.3, 0.4) is 0 Å². The van der Waals surface area contributed by atoms with E-state index >= 15 is 0 Å². The third-order valence-corrected chi connectivity index (χ3v) is 6.06. The minimum Gasteiger partial charge on any atom is -0.348 e. The number of hydrogen-bond acceptors (Lipinski definition) is 2. The first-order chi connectivity index (χ1) is 15.7. The van der Waals surface area contributed by atoms with Gasteiger partial charge in [0.1, 0.15) is 0 Å². The van der Waals surface area contributed by atoms with Crippen molar-refractivity contribution in [2.24, 2.45) is 0 Å². The number of carbonyl (C=O) groups excluding carboxylic acids is 2. The van der Waals surface area contributed by atoms with Crippen molar-refractivity contribution in [3.8, 4) is 0 Å². The number of hydrogen-bond donors (Lipinski definition) is 1. The molecule has 3 heteroatoms. The molecule has 0 radical (unpaired) electrons. The third kappa shape index (κ3) is 5.78. The Morgan fingerprint density at radius 1 is 0.697 bits per heavy atom. The van der Waals surface area contributed by atoms with Crippen LogP contribution in [0.5, 0.6) is 0 Å². The Morgan fingerprint density at radius 2 is 1.21 bits per heavy atom. The molecule has 3 aromatic rings. The summed E-state index contributed by atoms with van der Waals surface area (Å²) >= 11 is 0. The van der Waals surface area contributed by atoms with Gasteiger partial charge in [-0.1, -0.05) is 96.1 Å². The Balaban J connectivity index is 1.88. The van der Waals surface area contributed by atoms with Crippen LogP contribution in [0.1, 0.15) is 108 Å². The van der Waals surface area contributed by atoms with Gasteiger partial charge in [-0.2, -0.15) is 0 Å². The van der Waals surface area contributed by atoms with Crippen molar-refractivity contribution >= 4 is 11.7 Å². The van der Waals surface area contributed by atoms with Crippen LogP contribution in [0.4, 0.5) is 0 Å². The number of carbonyl (C=O) groups is 2. The van der Waals surface area contributed by atoms with E-state index in [0.717, 1.165) is 22.3 Å². The Hall–Kier alpha value is -3.20. The molecule has 0 heterocycles. The van der Waals surface area contributed by atoms with E-state index < -0.39 is 0 Å². The molecule has 1 N–H and O–H groups in total. The van der Waals surface area contributed by atoms with Crippen LogP contribution in [0.25, 0.3) is 0 Å². The second-order valence-electron chi connectivity index (χ2n) is 9.61. The van der Waals surface area contributed by atoms with Crippen molar-refractivity contribution in [1.82, 2.24) is 5.32 Å². The maximum atomic E-state index is 13.7. The second kappa shape index (κ2) is 10.6. The minimum atomic E-state index is -0.148. The van der Waals surface area contributed by atoms with Crippen molar-refractivity contribution in [1.29, 1.82) is 0 Å². The molecule has 0 aromatic heterocycles. The average Bonchev–Trinajstić information content (AvgIpc) is 2.81. The molecule has 0 atom stereocenters. The van der Waals surface area contributed by atoms with Gasteiger partial charge in [-0.25, -0.2) is 0 Å². The third-order valence-electron chi connectivity index (χ3n) is 6.06. The first-order valence-electron chi connectivity index (χ1n) is 11.8. The molecule has 33 heavy (non-hydrogen) atoms. The molecule has 0 aliphatic carbocycles. The smallest absolute Gasteiger partial charge is 0.251 e. The summed E-state index contributed by atoms with van der Waals surface area (Å²) in [6.07, 6.45) is 0. The van der Waals surface area contributed by atoms with Crippen LogP contribution in [0.15, 0.2) is 66.7 Å². The zero-order valence-corrected chi connectivity index (χ0v) is 20.6. The van der Waals surface area contributed by atoms with E-state index in [0.29, 0.717) is 23.6 Å². The summed E-state index contributed by atoms with van der Waals surface area (Å²) in [6.45, 7) is 13.4. The van der Waals surface area contributed by atoms with Crippen LogP contribution in [0.2, 0.25) is 0 Å². The molecule has 0 saturated carbocycles. The Bertz CT molecular complexity index is 1080. The van der Waals surface area contributed by atoms with Crippen molar-refractivity contribution in [3.05, 3.63) is 106 Å². The molecule has 0 bridgehead atoms. The van der Waals surface area contributed by atoms with Crippen LogP contribution in [0, 0.1) is 0 Å². The van der Waals surface area contributed by atoms with Crippen molar-refractivity contribution in [2.75, 3.05) is 0 Å². The molecule has 172 valence electrons. The number of nitrogens with one attached hydrogen (secondary N) is 1. The van der Waals surface area contributed by atoms with Crippen LogP contribution in [-0.2, 0) is 6.54 Å². The summed E-state index contributed by atoms with van der Waals surface area (Å²) in [7, 11) is 0. The molecule has 0 aliphatic rings. The molecular weight excluding hydrogens is 406 g/mol. The maximum Gasteiger partial charge on any atom is 0.251 e. The molecule has 0 aliphatic heterocycles. The zero-order valence-electron chi connectivity index (χ0n) is 20.6. The number of amides is 1. The molecule has 0 saturated heterocycles. The molecule has 0 fully saturated rings. The van der Waals surface area contributed by atoms with Gasteiger partial charge in [0.25, 0.3) is 5.91 Å². The van der Waals surface area contributed by atoms with E-state index in [2.05, 4.69) is 59.0 Å². The lowest BCUT2D eigenvalue weighted by Crippen LogP contribution is -2.22. The van der Waals surface area contributed by atoms with Crippen LogP contribution in [-0.4, -0.2) is 11.7 Å². The van der Waals surface area contributed by atoms with Gasteiger partial charge in [-0.05, 0) is 52.1 Å². The van der Waals surface area contributed by atoms with E-state index in [1.165, 1.54) is 5.56 Å². The Labute approximate surface area is 198 Å². The lowest BCUT2D eigenvalue weighted by Gasteiger charge is -2.22. The predicted octanol–water partition coefficient (Wildman–Crippen LogP) is 7.22. The number of rotatable bonds is 8. The quantitative estimate of drug-likeness (QED) is 0.375. The predicted molar refractivity (Wildman–Crippen MR) is 136 cm³/mol. The highest BCUT2D eigenvalue weighted by atomic mass is 16.1. The maximum absolute atomic E-state index is 13.7. The molecular formula is C30H35NO2. The highest BCUT2D eigenvalue weighted by Gasteiger charge is 2.23. The Morgan fingerprint density at radius 3 is 1.70 bits per heavy atom. The fraction of sp³-hybridized carbons (Fsp3) is 0.333. The highest BCUT2D eigenvalue weighted by Crippen LogP contribution is 2.33. The summed E-state index contributed by atoms with van der Waals surface area (Å²) in [5.41, 5.74) is 6.47. The summed E-state index contributed by atoms with van der Waals surface area (Å²) in [4.78, 5) is 26.2. The monoisotopic (exact) mass is 441 g/mol. The molecule has 3 rings (SSSR count). The Kier molecular flexibility index (Phi) is 7.86.